The Kier molecular flexibility index (Phi) is 6.75. The van der Waals surface area contributed by atoms with E-state index in [0.29, 0.717) is 24.5 Å². The third-order valence-electron chi connectivity index (χ3n) is 3.52. The molecule has 136 valence electrons. The molecule has 2 N–H and O–H groups in total. The van der Waals surface area contributed by atoms with Gasteiger partial charge in [-0.3, -0.25) is 14.9 Å². The molecule has 0 atom stereocenters. The molecule has 0 aromatic heterocycles. The van der Waals surface area contributed by atoms with E-state index >= 15 is 0 Å². The lowest BCUT2D eigenvalue weighted by molar-refractivity contribution is -0.384. The summed E-state index contributed by atoms with van der Waals surface area (Å²) in [4.78, 5) is 22.6. The van der Waals surface area contributed by atoms with Crippen LogP contribution in [0.15, 0.2) is 58.8 Å². The van der Waals surface area contributed by atoms with E-state index in [0.717, 1.165) is 5.69 Å². The number of rotatable bonds is 9. The van der Waals surface area contributed by atoms with Crippen LogP contribution in [0.25, 0.3) is 0 Å². The number of hydrogen-bond acceptors (Lipinski definition) is 7. The Hall–Kier alpha value is -3.33. The SMILES string of the molecule is O=C(O)CCN(CCO)c1ccc(N=Nc2ccc([N+](=O)[O-])cc2)cc1. The van der Waals surface area contributed by atoms with Gasteiger partial charge in [0.25, 0.3) is 5.69 Å². The number of azo groups is 1. The number of aliphatic carboxylic acids is 1. The van der Waals surface area contributed by atoms with Crippen molar-refractivity contribution >= 4 is 28.7 Å². The van der Waals surface area contributed by atoms with Gasteiger partial charge in [0, 0.05) is 30.9 Å². The van der Waals surface area contributed by atoms with E-state index in [1.807, 2.05) is 0 Å². The van der Waals surface area contributed by atoms with Crippen LogP contribution in [0, 0.1) is 10.1 Å². The van der Waals surface area contributed by atoms with Crippen LogP contribution in [0.5, 0.6) is 0 Å². The summed E-state index contributed by atoms with van der Waals surface area (Å²) in [6, 6.07) is 12.7. The molecule has 0 fully saturated rings. The molecule has 0 saturated carbocycles. The third kappa shape index (κ3) is 5.64. The molecule has 0 aliphatic rings. The maximum absolute atomic E-state index is 10.7. The van der Waals surface area contributed by atoms with E-state index in [9.17, 15) is 14.9 Å². The Labute approximate surface area is 149 Å². The van der Waals surface area contributed by atoms with Gasteiger partial charge in [-0.1, -0.05) is 0 Å². The Morgan fingerprint density at radius 3 is 2.00 bits per heavy atom. The molecule has 2 aromatic rings. The largest absolute Gasteiger partial charge is 0.481 e. The van der Waals surface area contributed by atoms with Gasteiger partial charge in [0.1, 0.15) is 0 Å². The smallest absolute Gasteiger partial charge is 0.305 e. The summed E-state index contributed by atoms with van der Waals surface area (Å²) in [5.41, 5.74) is 1.82. The van der Waals surface area contributed by atoms with Crippen molar-refractivity contribution in [1.29, 1.82) is 0 Å². The van der Waals surface area contributed by atoms with Gasteiger partial charge in [0.15, 0.2) is 0 Å². The number of carboxylic acid groups (broad SMARTS) is 1. The molecule has 0 bridgehead atoms. The van der Waals surface area contributed by atoms with Crippen molar-refractivity contribution in [3.05, 3.63) is 58.6 Å². The number of carbonyl (C=O) groups is 1. The first-order valence-corrected chi connectivity index (χ1v) is 7.83. The number of aliphatic hydroxyl groups is 1. The zero-order chi connectivity index (χ0) is 18.9. The normalized spacial score (nSPS) is 10.8. The van der Waals surface area contributed by atoms with Crippen LogP contribution in [0.4, 0.5) is 22.7 Å². The average molecular weight is 358 g/mol. The molecule has 26 heavy (non-hydrogen) atoms. The minimum Gasteiger partial charge on any atom is -0.481 e. The highest BCUT2D eigenvalue weighted by Crippen LogP contribution is 2.23. The summed E-state index contributed by atoms with van der Waals surface area (Å²) in [6.45, 7) is 0.539. The molecule has 0 aliphatic heterocycles. The van der Waals surface area contributed by atoms with Gasteiger partial charge in [-0.05, 0) is 36.4 Å². The van der Waals surface area contributed by atoms with Gasteiger partial charge in [-0.2, -0.15) is 10.2 Å². The van der Waals surface area contributed by atoms with Crippen molar-refractivity contribution in [2.24, 2.45) is 10.2 Å². The van der Waals surface area contributed by atoms with Gasteiger partial charge in [0.05, 0.1) is 29.3 Å². The number of anilines is 1. The van der Waals surface area contributed by atoms with E-state index in [-0.39, 0.29) is 18.7 Å². The van der Waals surface area contributed by atoms with Crippen molar-refractivity contribution in [2.45, 2.75) is 6.42 Å². The lowest BCUT2D eigenvalue weighted by atomic mass is 10.2. The number of benzene rings is 2. The molecule has 0 saturated heterocycles. The first-order chi connectivity index (χ1) is 12.5. The van der Waals surface area contributed by atoms with Crippen molar-refractivity contribution in [3.63, 3.8) is 0 Å². The second kappa shape index (κ2) is 9.23. The van der Waals surface area contributed by atoms with Gasteiger partial charge < -0.3 is 15.1 Å². The summed E-state index contributed by atoms with van der Waals surface area (Å²) in [5, 5.41) is 36.6. The molecule has 0 heterocycles. The molecular weight excluding hydrogens is 340 g/mol. The topological polar surface area (TPSA) is 129 Å². The van der Waals surface area contributed by atoms with Crippen LogP contribution in [0.2, 0.25) is 0 Å². The molecular formula is C17H18N4O5. The zero-order valence-electron chi connectivity index (χ0n) is 13.9. The first kappa shape index (κ1) is 19.0. The highest BCUT2D eigenvalue weighted by Gasteiger charge is 2.08. The number of nitro benzene ring substituents is 1. The van der Waals surface area contributed by atoms with Crippen molar-refractivity contribution in [2.75, 3.05) is 24.6 Å². The molecule has 0 unspecified atom stereocenters. The third-order valence-corrected chi connectivity index (χ3v) is 3.52. The minimum absolute atomic E-state index is 0.0151. The number of carboxylic acids is 1. The number of aliphatic hydroxyl groups excluding tert-OH is 1. The van der Waals surface area contributed by atoms with Crippen LogP contribution >= 0.6 is 0 Å². The van der Waals surface area contributed by atoms with E-state index in [4.69, 9.17) is 10.2 Å². The van der Waals surface area contributed by atoms with E-state index in [1.165, 1.54) is 24.3 Å². The maximum atomic E-state index is 10.7. The molecule has 0 radical (unpaired) electrons. The minimum atomic E-state index is -0.901. The highest BCUT2D eigenvalue weighted by atomic mass is 16.6. The molecule has 0 aliphatic carbocycles. The predicted molar refractivity (Wildman–Crippen MR) is 95.3 cm³/mol. The highest BCUT2D eigenvalue weighted by molar-refractivity contribution is 5.67. The fourth-order valence-corrected chi connectivity index (χ4v) is 2.21. The molecule has 2 aromatic carbocycles. The van der Waals surface area contributed by atoms with Crippen molar-refractivity contribution in [1.82, 2.24) is 0 Å². The van der Waals surface area contributed by atoms with Crippen LogP contribution in [-0.4, -0.2) is 40.8 Å². The quantitative estimate of drug-likeness (QED) is 0.402. The summed E-state index contributed by atoms with van der Waals surface area (Å²) in [6.07, 6.45) is -0.0262. The maximum Gasteiger partial charge on any atom is 0.305 e. The summed E-state index contributed by atoms with van der Waals surface area (Å²) < 4.78 is 0. The van der Waals surface area contributed by atoms with Crippen molar-refractivity contribution < 1.29 is 19.9 Å². The Bertz CT molecular complexity index is 775. The van der Waals surface area contributed by atoms with E-state index in [1.54, 1.807) is 29.2 Å². The molecule has 9 heteroatoms. The Morgan fingerprint density at radius 2 is 1.54 bits per heavy atom. The number of nitrogens with zero attached hydrogens (tertiary/aromatic N) is 4. The summed E-state index contributed by atoms with van der Waals surface area (Å²) in [5.74, 6) is -0.901. The molecule has 0 amide bonds. The van der Waals surface area contributed by atoms with E-state index in [2.05, 4.69) is 10.2 Å². The number of non-ortho nitro benzene ring substituents is 1. The van der Waals surface area contributed by atoms with Crippen molar-refractivity contribution in [3.8, 4) is 0 Å². The monoisotopic (exact) mass is 358 g/mol. The summed E-state index contributed by atoms with van der Waals surface area (Å²) in [7, 11) is 0. The molecule has 2 rings (SSSR count). The first-order valence-electron chi connectivity index (χ1n) is 7.83. The van der Waals surface area contributed by atoms with Crippen LogP contribution < -0.4 is 4.90 Å². The molecule has 0 spiro atoms. The zero-order valence-corrected chi connectivity index (χ0v) is 13.9. The number of hydrogen-bond donors (Lipinski definition) is 2. The standard InChI is InChI=1S/C17H18N4O5/c22-12-11-20(10-9-17(23)24)15-5-1-13(2-6-15)18-19-14-3-7-16(8-4-14)21(25)26/h1-8,22H,9-12H2,(H,23,24). The van der Waals surface area contributed by atoms with Gasteiger partial charge in [-0.15, -0.1) is 0 Å². The average Bonchev–Trinajstić information content (AvgIpc) is 2.64. The van der Waals surface area contributed by atoms with Crippen LogP contribution in [0.3, 0.4) is 0 Å². The predicted octanol–water partition coefficient (Wildman–Crippen LogP) is 3.28. The number of nitro groups is 1. The van der Waals surface area contributed by atoms with Gasteiger partial charge in [-0.25, -0.2) is 0 Å². The fraction of sp³-hybridized carbons (Fsp3) is 0.235. The summed E-state index contributed by atoms with van der Waals surface area (Å²) >= 11 is 0. The fourth-order valence-electron chi connectivity index (χ4n) is 2.21. The van der Waals surface area contributed by atoms with Crippen LogP contribution in [0.1, 0.15) is 6.42 Å². The lowest BCUT2D eigenvalue weighted by Crippen LogP contribution is -2.29. The van der Waals surface area contributed by atoms with Gasteiger partial charge >= 0.3 is 5.97 Å². The second-order valence-corrected chi connectivity index (χ2v) is 5.34. The lowest BCUT2D eigenvalue weighted by Gasteiger charge is -2.23. The molecule has 9 nitrogen and oxygen atoms in total. The second-order valence-electron chi connectivity index (χ2n) is 5.34. The van der Waals surface area contributed by atoms with Gasteiger partial charge in [0.2, 0.25) is 0 Å². The Balaban J connectivity index is 2.05. The van der Waals surface area contributed by atoms with E-state index < -0.39 is 10.9 Å². The Morgan fingerprint density at radius 1 is 1.00 bits per heavy atom. The van der Waals surface area contributed by atoms with Crippen LogP contribution in [-0.2, 0) is 4.79 Å².